The number of rotatable bonds is 3. The molecule has 0 saturated carbocycles. The molecule has 1 aliphatic rings. The van der Waals surface area contributed by atoms with Crippen molar-refractivity contribution >= 4 is 29.2 Å². The zero-order chi connectivity index (χ0) is 18.4. The molecule has 4 rings (SSSR count). The van der Waals surface area contributed by atoms with E-state index in [2.05, 4.69) is 15.5 Å². The maximum Gasteiger partial charge on any atom is 0.326 e. The first-order chi connectivity index (χ1) is 12.5. The van der Waals surface area contributed by atoms with Crippen molar-refractivity contribution in [3.8, 4) is 16.8 Å². The van der Waals surface area contributed by atoms with E-state index >= 15 is 0 Å². The molecule has 3 aromatic rings. The largest absolute Gasteiger partial charge is 0.480 e. The van der Waals surface area contributed by atoms with Crippen molar-refractivity contribution < 1.29 is 9.90 Å². The minimum atomic E-state index is -1.05. The van der Waals surface area contributed by atoms with Gasteiger partial charge < -0.3 is 5.11 Å². The molecule has 1 aliphatic heterocycles. The van der Waals surface area contributed by atoms with Crippen LogP contribution in [0.15, 0.2) is 35.4 Å². The summed E-state index contributed by atoms with van der Waals surface area (Å²) >= 11 is 12.5. The van der Waals surface area contributed by atoms with Crippen molar-refractivity contribution in [1.29, 1.82) is 0 Å². The smallest absolute Gasteiger partial charge is 0.326 e. The number of hydrogen-bond donors (Lipinski definition) is 1. The number of aryl methyl sites for hydroxylation is 1. The van der Waals surface area contributed by atoms with E-state index in [0.717, 1.165) is 0 Å². The average Bonchev–Trinajstić information content (AvgIpc) is 3.27. The number of tetrazole rings is 1. The Bertz CT molecular complexity index is 1080. The number of hydrogen-bond acceptors (Lipinski definition) is 5. The topological polar surface area (TPSA) is 103 Å². The number of carboxylic acid groups (broad SMARTS) is 1. The van der Waals surface area contributed by atoms with Crippen LogP contribution in [0.3, 0.4) is 0 Å². The van der Waals surface area contributed by atoms with E-state index in [1.807, 2.05) is 0 Å². The summed E-state index contributed by atoms with van der Waals surface area (Å²) in [4.78, 5) is 24.1. The number of fused-ring (bicyclic) bond motifs is 1. The van der Waals surface area contributed by atoms with E-state index in [9.17, 15) is 14.7 Å². The van der Waals surface area contributed by atoms with Gasteiger partial charge in [-0.15, -0.1) is 5.10 Å². The first-order valence-corrected chi connectivity index (χ1v) is 8.43. The molecule has 0 saturated heterocycles. The summed E-state index contributed by atoms with van der Waals surface area (Å²) in [6.07, 6.45) is 2.23. The van der Waals surface area contributed by atoms with Crippen molar-refractivity contribution in [2.24, 2.45) is 0 Å². The summed E-state index contributed by atoms with van der Waals surface area (Å²) in [5, 5.41) is 20.8. The van der Waals surface area contributed by atoms with E-state index in [-0.39, 0.29) is 5.02 Å². The fraction of sp³-hybridized carbons (Fsp3) is 0.188. The molecule has 0 fully saturated rings. The van der Waals surface area contributed by atoms with Crippen LogP contribution in [0.25, 0.3) is 16.8 Å². The van der Waals surface area contributed by atoms with Gasteiger partial charge in [-0.1, -0.05) is 23.2 Å². The maximum atomic E-state index is 12.7. The van der Waals surface area contributed by atoms with Crippen molar-refractivity contribution in [3.05, 3.63) is 56.7 Å². The van der Waals surface area contributed by atoms with Crippen LogP contribution < -0.4 is 5.56 Å². The van der Waals surface area contributed by atoms with Gasteiger partial charge in [0.2, 0.25) is 0 Å². The monoisotopic (exact) mass is 391 g/mol. The number of aliphatic carboxylic acids is 1. The highest BCUT2D eigenvalue weighted by Gasteiger charge is 2.31. The Kier molecular flexibility index (Phi) is 4.01. The van der Waals surface area contributed by atoms with E-state index in [4.69, 9.17) is 23.2 Å². The molecule has 0 radical (unpaired) electrons. The molecule has 0 amide bonds. The van der Waals surface area contributed by atoms with Crippen LogP contribution in [0.4, 0.5) is 0 Å². The number of carbonyl (C=O) groups is 1. The summed E-state index contributed by atoms with van der Waals surface area (Å²) < 4.78 is 2.68. The Morgan fingerprint density at radius 3 is 2.73 bits per heavy atom. The molecule has 0 unspecified atom stereocenters. The molecular formula is C16H11Cl2N5O3. The van der Waals surface area contributed by atoms with Gasteiger partial charge in [0.15, 0.2) is 0 Å². The minimum Gasteiger partial charge on any atom is -0.480 e. The summed E-state index contributed by atoms with van der Waals surface area (Å²) in [5.74, 6) is -1.05. The van der Waals surface area contributed by atoms with Gasteiger partial charge in [-0.25, -0.2) is 4.79 Å². The second kappa shape index (κ2) is 6.22. The lowest BCUT2D eigenvalue weighted by molar-refractivity contribution is -0.140. The minimum absolute atomic E-state index is 0.0708. The molecule has 0 spiro atoms. The molecule has 2 aromatic heterocycles. The molecule has 26 heavy (non-hydrogen) atoms. The lowest BCUT2D eigenvalue weighted by Crippen LogP contribution is -2.28. The first kappa shape index (κ1) is 16.7. The van der Waals surface area contributed by atoms with Crippen LogP contribution in [0.2, 0.25) is 10.0 Å². The summed E-state index contributed by atoms with van der Waals surface area (Å²) in [6, 6.07) is 5.89. The number of pyridine rings is 1. The predicted molar refractivity (Wildman–Crippen MR) is 93.9 cm³/mol. The van der Waals surface area contributed by atoms with E-state index in [1.54, 1.807) is 24.3 Å². The molecule has 3 heterocycles. The van der Waals surface area contributed by atoms with Crippen LogP contribution in [0.5, 0.6) is 0 Å². The predicted octanol–water partition coefficient (Wildman–Crippen LogP) is 2.37. The number of aromatic nitrogens is 5. The van der Waals surface area contributed by atoms with Crippen LogP contribution >= 0.6 is 23.2 Å². The highest BCUT2D eigenvalue weighted by molar-refractivity contribution is 6.34. The highest BCUT2D eigenvalue weighted by Crippen LogP contribution is 2.36. The van der Waals surface area contributed by atoms with Crippen molar-refractivity contribution in [2.45, 2.75) is 18.9 Å². The van der Waals surface area contributed by atoms with Crippen LogP contribution in [-0.4, -0.2) is 35.9 Å². The summed E-state index contributed by atoms with van der Waals surface area (Å²) in [5.41, 5.74) is 1.71. The van der Waals surface area contributed by atoms with Crippen LogP contribution in [-0.2, 0) is 11.2 Å². The number of nitrogens with zero attached hydrogens (tertiary/aromatic N) is 5. The molecule has 10 heteroatoms. The van der Waals surface area contributed by atoms with Gasteiger partial charge >= 0.3 is 5.97 Å². The van der Waals surface area contributed by atoms with Crippen molar-refractivity contribution in [1.82, 2.24) is 24.8 Å². The molecule has 1 N–H and O–H groups in total. The number of halogens is 2. The number of carboxylic acids is 1. The standard InChI is InChI=1S/C16H11Cl2N5O3/c17-8-1-3-12(22-7-19-20-21-22)10(5-8)11-6-9-2-4-13(16(25)26)23(9)15(24)14(11)18/h1,3,5-7,13H,2,4H2,(H,25,26)/t13-/m0/s1. The lowest BCUT2D eigenvalue weighted by atomic mass is 10.0. The molecule has 0 aliphatic carbocycles. The fourth-order valence-electron chi connectivity index (χ4n) is 3.22. The Hall–Kier alpha value is -2.71. The maximum absolute atomic E-state index is 12.7. The third-order valence-electron chi connectivity index (χ3n) is 4.38. The zero-order valence-corrected chi connectivity index (χ0v) is 14.6. The Balaban J connectivity index is 1.97. The van der Waals surface area contributed by atoms with Gasteiger partial charge in [0.1, 0.15) is 17.4 Å². The zero-order valence-electron chi connectivity index (χ0n) is 13.1. The normalized spacial score (nSPS) is 15.8. The van der Waals surface area contributed by atoms with Gasteiger partial charge in [-0.2, -0.15) is 4.68 Å². The van der Waals surface area contributed by atoms with Crippen molar-refractivity contribution in [2.75, 3.05) is 0 Å². The Morgan fingerprint density at radius 2 is 2.04 bits per heavy atom. The number of benzene rings is 1. The SMILES string of the molecule is O=C(O)[C@@H]1CCc2cc(-c3cc(Cl)ccc3-n3cnnn3)c(Cl)c(=O)n21. The second-order valence-electron chi connectivity index (χ2n) is 5.85. The second-order valence-corrected chi connectivity index (χ2v) is 6.66. The lowest BCUT2D eigenvalue weighted by Gasteiger charge is -2.15. The quantitative estimate of drug-likeness (QED) is 0.734. The molecule has 0 bridgehead atoms. The van der Waals surface area contributed by atoms with Gasteiger partial charge in [0.25, 0.3) is 5.56 Å². The Labute approximate surface area is 156 Å². The molecule has 1 aromatic carbocycles. The fourth-order valence-corrected chi connectivity index (χ4v) is 3.64. The first-order valence-electron chi connectivity index (χ1n) is 7.67. The van der Waals surface area contributed by atoms with Crippen molar-refractivity contribution in [3.63, 3.8) is 0 Å². The van der Waals surface area contributed by atoms with Gasteiger partial charge in [-0.05, 0) is 47.5 Å². The third kappa shape index (κ3) is 2.58. The van der Waals surface area contributed by atoms with Crippen LogP contribution in [0.1, 0.15) is 18.2 Å². The highest BCUT2D eigenvalue weighted by atomic mass is 35.5. The van der Waals surface area contributed by atoms with E-state index in [1.165, 1.54) is 15.6 Å². The molecule has 132 valence electrons. The Morgan fingerprint density at radius 1 is 1.23 bits per heavy atom. The summed E-state index contributed by atoms with van der Waals surface area (Å²) in [7, 11) is 0. The summed E-state index contributed by atoms with van der Waals surface area (Å²) in [6.45, 7) is 0. The molecule has 1 atom stereocenters. The average molecular weight is 392 g/mol. The van der Waals surface area contributed by atoms with E-state index < -0.39 is 17.6 Å². The third-order valence-corrected chi connectivity index (χ3v) is 4.98. The van der Waals surface area contributed by atoms with Gasteiger partial charge in [0.05, 0.1) is 5.69 Å². The van der Waals surface area contributed by atoms with Crippen LogP contribution in [0, 0.1) is 0 Å². The van der Waals surface area contributed by atoms with E-state index in [0.29, 0.717) is 40.4 Å². The molecular weight excluding hydrogens is 381 g/mol. The molecule has 8 nitrogen and oxygen atoms in total. The van der Waals surface area contributed by atoms with Gasteiger partial charge in [-0.3, -0.25) is 9.36 Å². The van der Waals surface area contributed by atoms with Gasteiger partial charge in [0, 0.05) is 21.8 Å².